The number of carbonyl (C=O) groups is 1. The van der Waals surface area contributed by atoms with E-state index in [2.05, 4.69) is 5.32 Å². The van der Waals surface area contributed by atoms with Gasteiger partial charge in [0.2, 0.25) is 5.91 Å². The Morgan fingerprint density at radius 2 is 1.52 bits per heavy atom. The third-order valence-corrected chi connectivity index (χ3v) is 6.85. The number of halogens is 5. The summed E-state index contributed by atoms with van der Waals surface area (Å²) in [6.07, 6.45) is -4.78. The Bertz CT molecular complexity index is 1260. The summed E-state index contributed by atoms with van der Waals surface area (Å²) in [7, 11) is -4.23. The lowest BCUT2D eigenvalue weighted by molar-refractivity contribution is -0.137. The highest BCUT2D eigenvalue weighted by molar-refractivity contribution is 7.92. The van der Waals surface area contributed by atoms with Gasteiger partial charge in [-0.3, -0.25) is 9.10 Å². The lowest BCUT2D eigenvalue weighted by Gasteiger charge is -2.24. The van der Waals surface area contributed by atoms with Gasteiger partial charge in [0.15, 0.2) is 0 Å². The van der Waals surface area contributed by atoms with Crippen LogP contribution in [0.3, 0.4) is 0 Å². The smallest absolute Gasteiger partial charge is 0.324 e. The largest absolute Gasteiger partial charge is 0.418 e. The van der Waals surface area contributed by atoms with Crippen molar-refractivity contribution in [2.45, 2.75) is 18.0 Å². The molecule has 0 heterocycles. The highest BCUT2D eigenvalue weighted by atomic mass is 35.5. The van der Waals surface area contributed by atoms with Crippen LogP contribution in [0.1, 0.15) is 11.1 Å². The second-order valence-electron chi connectivity index (χ2n) is 7.04. The highest BCUT2D eigenvalue weighted by Gasteiger charge is 2.35. The molecule has 0 aromatic heterocycles. The summed E-state index contributed by atoms with van der Waals surface area (Å²) in [5.74, 6) is -0.978. The predicted molar refractivity (Wildman–Crippen MR) is 122 cm³/mol. The number of benzene rings is 3. The van der Waals surface area contributed by atoms with Crippen LogP contribution in [-0.2, 0) is 21.0 Å². The van der Waals surface area contributed by atoms with Gasteiger partial charge in [-0.05, 0) is 61.5 Å². The van der Waals surface area contributed by atoms with Gasteiger partial charge in [-0.2, -0.15) is 13.2 Å². The van der Waals surface area contributed by atoms with Gasteiger partial charge < -0.3 is 5.32 Å². The molecular weight excluding hydrogens is 500 g/mol. The van der Waals surface area contributed by atoms with Crippen LogP contribution in [0.2, 0.25) is 10.0 Å². The average molecular weight is 517 g/mol. The van der Waals surface area contributed by atoms with Crippen molar-refractivity contribution in [3.8, 4) is 0 Å². The summed E-state index contributed by atoms with van der Waals surface area (Å²) in [5, 5.41) is 2.32. The molecule has 0 spiro atoms. The minimum absolute atomic E-state index is 0.0849. The van der Waals surface area contributed by atoms with Crippen LogP contribution in [0.5, 0.6) is 0 Å². The second kappa shape index (κ2) is 9.62. The molecule has 0 radical (unpaired) electrons. The number of hydrogen-bond acceptors (Lipinski definition) is 3. The van der Waals surface area contributed by atoms with Gasteiger partial charge in [0.25, 0.3) is 10.0 Å². The third-order valence-electron chi connectivity index (χ3n) is 4.57. The van der Waals surface area contributed by atoms with Crippen LogP contribution in [-0.4, -0.2) is 20.9 Å². The Morgan fingerprint density at radius 1 is 0.939 bits per heavy atom. The third kappa shape index (κ3) is 5.98. The number of sulfonamides is 1. The van der Waals surface area contributed by atoms with Crippen LogP contribution < -0.4 is 9.62 Å². The zero-order chi connectivity index (χ0) is 24.4. The van der Waals surface area contributed by atoms with Crippen LogP contribution in [0.25, 0.3) is 0 Å². The predicted octanol–water partition coefficient (Wildman–Crippen LogP) is 6.15. The highest BCUT2D eigenvalue weighted by Crippen LogP contribution is 2.36. The summed E-state index contributed by atoms with van der Waals surface area (Å²) in [6, 6.07) is 14.5. The molecule has 33 heavy (non-hydrogen) atoms. The van der Waals surface area contributed by atoms with Crippen molar-refractivity contribution in [3.63, 3.8) is 0 Å². The molecule has 0 aliphatic heterocycles. The van der Waals surface area contributed by atoms with Gasteiger partial charge in [0, 0.05) is 10.0 Å². The number of anilines is 2. The topological polar surface area (TPSA) is 66.5 Å². The molecule has 1 N–H and O–H groups in total. The van der Waals surface area contributed by atoms with Gasteiger partial charge in [-0.1, -0.05) is 40.9 Å². The first kappa shape index (κ1) is 24.9. The zero-order valence-corrected chi connectivity index (χ0v) is 19.4. The van der Waals surface area contributed by atoms with E-state index in [1.165, 1.54) is 42.5 Å². The molecule has 1 amide bonds. The van der Waals surface area contributed by atoms with Crippen molar-refractivity contribution in [1.29, 1.82) is 0 Å². The number of amides is 1. The molecule has 3 aromatic rings. The molecule has 0 unspecified atom stereocenters. The van der Waals surface area contributed by atoms with Gasteiger partial charge >= 0.3 is 6.18 Å². The van der Waals surface area contributed by atoms with E-state index in [-0.39, 0.29) is 15.6 Å². The number of rotatable bonds is 6. The summed E-state index contributed by atoms with van der Waals surface area (Å²) in [6.45, 7) is 1.00. The van der Waals surface area contributed by atoms with Crippen molar-refractivity contribution in [2.75, 3.05) is 16.2 Å². The SMILES string of the molecule is Cc1ccc(S(=O)(=O)N(CC(=O)Nc2ccc(Cl)cc2C(F)(F)F)c2ccc(Cl)cc2)cc1. The van der Waals surface area contributed by atoms with Gasteiger partial charge in [-0.25, -0.2) is 8.42 Å². The zero-order valence-electron chi connectivity index (χ0n) is 17.0. The Balaban J connectivity index is 1.97. The van der Waals surface area contributed by atoms with E-state index in [1.807, 2.05) is 0 Å². The minimum Gasteiger partial charge on any atom is -0.324 e. The van der Waals surface area contributed by atoms with E-state index in [1.54, 1.807) is 19.1 Å². The minimum atomic E-state index is -4.78. The summed E-state index contributed by atoms with van der Waals surface area (Å²) in [5.41, 5.74) is -0.752. The first-order valence-corrected chi connectivity index (χ1v) is 11.6. The molecule has 3 aromatic carbocycles. The number of aryl methyl sites for hydroxylation is 1. The second-order valence-corrected chi connectivity index (χ2v) is 9.77. The first-order valence-electron chi connectivity index (χ1n) is 9.39. The summed E-state index contributed by atoms with van der Waals surface area (Å²) in [4.78, 5) is 12.6. The molecular formula is C22H17Cl2F3N2O3S. The van der Waals surface area contributed by atoms with Crippen molar-refractivity contribution in [1.82, 2.24) is 0 Å². The van der Waals surface area contributed by atoms with Crippen molar-refractivity contribution >= 4 is 50.5 Å². The molecule has 0 fully saturated rings. The van der Waals surface area contributed by atoms with Crippen LogP contribution in [0.4, 0.5) is 24.5 Å². The molecule has 11 heteroatoms. The molecule has 3 rings (SSSR count). The monoisotopic (exact) mass is 516 g/mol. The maximum Gasteiger partial charge on any atom is 0.418 e. The molecule has 0 aliphatic carbocycles. The van der Waals surface area contributed by atoms with E-state index < -0.39 is 39.9 Å². The standard InChI is InChI=1S/C22H17Cl2F3N2O3S/c1-14-2-9-18(10-3-14)33(31,32)29(17-7-4-15(23)5-8-17)13-21(30)28-20-11-6-16(24)12-19(20)22(25,26)27/h2-12H,13H2,1H3,(H,28,30). The molecule has 5 nitrogen and oxygen atoms in total. The van der Waals surface area contributed by atoms with E-state index in [9.17, 15) is 26.4 Å². The maximum absolute atomic E-state index is 13.4. The number of alkyl halides is 3. The van der Waals surface area contributed by atoms with E-state index in [4.69, 9.17) is 23.2 Å². The van der Waals surface area contributed by atoms with Crippen molar-refractivity contribution in [2.24, 2.45) is 0 Å². The first-order chi connectivity index (χ1) is 15.4. The number of carbonyl (C=O) groups excluding carboxylic acids is 1. The molecule has 174 valence electrons. The number of nitrogens with zero attached hydrogens (tertiary/aromatic N) is 1. The summed E-state index contributed by atoms with van der Waals surface area (Å²) < 4.78 is 67.5. The quantitative estimate of drug-likeness (QED) is 0.426. The molecule has 0 bridgehead atoms. The van der Waals surface area contributed by atoms with E-state index in [0.717, 1.165) is 15.9 Å². The van der Waals surface area contributed by atoms with Crippen molar-refractivity contribution < 1.29 is 26.4 Å². The molecule has 0 saturated carbocycles. The fraction of sp³-hybridized carbons (Fsp3) is 0.136. The Kier molecular flexibility index (Phi) is 7.26. The fourth-order valence-corrected chi connectivity index (χ4v) is 4.66. The molecule has 0 aliphatic rings. The number of hydrogen-bond donors (Lipinski definition) is 1. The fourth-order valence-electron chi connectivity index (χ4n) is 2.94. The Hall–Kier alpha value is -2.75. The van der Waals surface area contributed by atoms with Gasteiger partial charge in [0.05, 0.1) is 21.8 Å². The lowest BCUT2D eigenvalue weighted by atomic mass is 10.1. The summed E-state index contributed by atoms with van der Waals surface area (Å²) >= 11 is 11.6. The Morgan fingerprint density at radius 3 is 2.09 bits per heavy atom. The molecule has 0 saturated heterocycles. The van der Waals surface area contributed by atoms with E-state index in [0.29, 0.717) is 11.1 Å². The number of nitrogens with one attached hydrogen (secondary N) is 1. The Labute approximate surface area is 198 Å². The van der Waals surface area contributed by atoms with Crippen LogP contribution >= 0.6 is 23.2 Å². The normalized spacial score (nSPS) is 11.8. The molecule has 0 atom stereocenters. The van der Waals surface area contributed by atoms with Crippen LogP contribution in [0.15, 0.2) is 71.6 Å². The average Bonchev–Trinajstić information content (AvgIpc) is 2.73. The van der Waals surface area contributed by atoms with Gasteiger partial charge in [-0.15, -0.1) is 0 Å². The maximum atomic E-state index is 13.4. The lowest BCUT2D eigenvalue weighted by Crippen LogP contribution is -2.38. The van der Waals surface area contributed by atoms with E-state index >= 15 is 0 Å². The van der Waals surface area contributed by atoms with Gasteiger partial charge in [0.1, 0.15) is 6.54 Å². The van der Waals surface area contributed by atoms with Crippen molar-refractivity contribution in [3.05, 3.63) is 87.9 Å². The van der Waals surface area contributed by atoms with Crippen LogP contribution in [0, 0.1) is 6.92 Å².